The molecular weight excluding hydrogens is 491 g/mol. The average Bonchev–Trinajstić information content (AvgIpc) is 3.29. The number of pyridine rings is 1. The molecule has 2 aromatic rings. The number of hydrogen-bond acceptors (Lipinski definition) is 6. The quantitative estimate of drug-likeness (QED) is 0.439. The smallest absolute Gasteiger partial charge is 0.326 e. The molecule has 3 N–H and O–H groups in total. The van der Waals surface area contributed by atoms with Crippen LogP contribution in [0.2, 0.25) is 10.0 Å². The van der Waals surface area contributed by atoms with Gasteiger partial charge in [0.1, 0.15) is 11.9 Å². The zero-order chi connectivity index (χ0) is 24.8. The third-order valence-corrected chi connectivity index (χ3v) is 7.05. The van der Waals surface area contributed by atoms with Crippen molar-refractivity contribution in [2.75, 3.05) is 38.1 Å². The first-order valence-corrected chi connectivity index (χ1v) is 12.7. The number of amides is 1. The zero-order valence-corrected chi connectivity index (χ0v) is 20.9. The number of likely N-dealkylation sites (tertiary alicyclic amines) is 1. The maximum absolute atomic E-state index is 12.6. The highest BCUT2D eigenvalue weighted by atomic mass is 35.5. The molecule has 0 radical (unpaired) electrons. The molecule has 10 heteroatoms. The van der Waals surface area contributed by atoms with E-state index >= 15 is 0 Å². The average molecular weight is 521 g/mol. The van der Waals surface area contributed by atoms with E-state index in [-0.39, 0.29) is 28.1 Å². The summed E-state index contributed by atoms with van der Waals surface area (Å²) in [5.74, 6) is -0.695. The third-order valence-electron chi connectivity index (χ3n) is 6.42. The molecule has 2 aliphatic heterocycles. The SMILES string of the molecule is O=C(NC(CCN1CC[C@@H](OCCc2ccc3c(n2)NCCC3)C1)C(=O)O)c1c(Cl)cccc1Cl. The van der Waals surface area contributed by atoms with Gasteiger partial charge in [-0.3, -0.25) is 4.79 Å². The molecular formula is C25H30Cl2N4O4. The third kappa shape index (κ3) is 6.85. The minimum atomic E-state index is -1.10. The highest BCUT2D eigenvalue weighted by Crippen LogP contribution is 2.24. The Morgan fingerprint density at radius 1 is 1.26 bits per heavy atom. The topological polar surface area (TPSA) is 104 Å². The molecule has 0 spiro atoms. The Morgan fingerprint density at radius 2 is 2.06 bits per heavy atom. The largest absolute Gasteiger partial charge is 0.480 e. The minimum absolute atomic E-state index is 0.0842. The number of aliphatic carboxylic acids is 1. The molecule has 0 bridgehead atoms. The van der Waals surface area contributed by atoms with Gasteiger partial charge in [0.15, 0.2) is 0 Å². The summed E-state index contributed by atoms with van der Waals surface area (Å²) in [5, 5.41) is 15.9. The molecule has 8 nitrogen and oxygen atoms in total. The number of carboxylic acid groups (broad SMARTS) is 1. The number of nitrogens with one attached hydrogen (secondary N) is 2. The molecule has 4 rings (SSSR count). The zero-order valence-electron chi connectivity index (χ0n) is 19.4. The molecule has 1 aromatic heterocycles. The van der Waals surface area contributed by atoms with Crippen molar-refractivity contribution in [1.29, 1.82) is 0 Å². The number of ether oxygens (including phenoxy) is 1. The van der Waals surface area contributed by atoms with E-state index in [9.17, 15) is 14.7 Å². The first-order chi connectivity index (χ1) is 16.9. The van der Waals surface area contributed by atoms with Gasteiger partial charge in [-0.05, 0) is 49.4 Å². The summed E-state index contributed by atoms with van der Waals surface area (Å²) < 4.78 is 6.07. The number of aromatic nitrogens is 1. The van der Waals surface area contributed by atoms with E-state index in [1.807, 2.05) is 0 Å². The van der Waals surface area contributed by atoms with Crippen LogP contribution in [0, 0.1) is 0 Å². The van der Waals surface area contributed by atoms with Crippen molar-refractivity contribution < 1.29 is 19.4 Å². The number of halogens is 2. The Hall–Kier alpha value is -2.39. The van der Waals surface area contributed by atoms with Crippen molar-refractivity contribution in [2.45, 2.75) is 44.2 Å². The summed E-state index contributed by atoms with van der Waals surface area (Å²) in [6.07, 6.45) is 4.23. The standard InChI is InChI=1S/C25H30Cl2N4O4/c26-19-4-1-5-20(27)22(19)24(32)30-21(25(33)34)9-13-31-12-8-18(15-31)35-14-10-17-7-6-16-3-2-11-28-23(16)29-17/h1,4-7,18,21H,2-3,8-15H2,(H,28,29)(H,30,32)(H,33,34)/t18-,21?/m1/s1. The Balaban J connectivity index is 1.20. The van der Waals surface area contributed by atoms with Gasteiger partial charge in [0.2, 0.25) is 0 Å². The molecule has 2 aliphatic rings. The van der Waals surface area contributed by atoms with Crippen molar-refractivity contribution in [2.24, 2.45) is 0 Å². The first-order valence-electron chi connectivity index (χ1n) is 11.9. The first kappa shape index (κ1) is 25.7. The summed E-state index contributed by atoms with van der Waals surface area (Å²) >= 11 is 12.1. The van der Waals surface area contributed by atoms with Gasteiger partial charge in [-0.2, -0.15) is 0 Å². The van der Waals surface area contributed by atoms with Crippen LogP contribution in [0.4, 0.5) is 5.82 Å². The Kier molecular flexibility index (Phi) is 8.83. The number of aryl methyl sites for hydroxylation is 1. The van der Waals surface area contributed by atoms with Gasteiger partial charge in [0, 0.05) is 38.3 Å². The fraction of sp³-hybridized carbons (Fsp3) is 0.480. The number of nitrogens with zero attached hydrogens (tertiary/aromatic N) is 2. The normalized spacial score (nSPS) is 18.5. The van der Waals surface area contributed by atoms with Crippen LogP contribution in [-0.4, -0.2) is 71.8 Å². The summed E-state index contributed by atoms with van der Waals surface area (Å²) in [6.45, 7) is 3.65. The van der Waals surface area contributed by atoms with Crippen molar-refractivity contribution in [1.82, 2.24) is 15.2 Å². The molecule has 1 saturated heterocycles. The predicted octanol–water partition coefficient (Wildman–Crippen LogP) is 3.65. The number of carbonyl (C=O) groups excluding carboxylic acids is 1. The second-order valence-electron chi connectivity index (χ2n) is 8.92. The summed E-state index contributed by atoms with van der Waals surface area (Å²) in [7, 11) is 0. The van der Waals surface area contributed by atoms with Gasteiger partial charge in [0.05, 0.1) is 28.3 Å². The second kappa shape index (κ2) is 12.0. The van der Waals surface area contributed by atoms with E-state index in [1.54, 1.807) is 18.2 Å². The number of carbonyl (C=O) groups is 2. The molecule has 1 unspecified atom stereocenters. The lowest BCUT2D eigenvalue weighted by atomic mass is 10.1. The summed E-state index contributed by atoms with van der Waals surface area (Å²) in [6, 6.07) is 7.90. The van der Waals surface area contributed by atoms with Crippen LogP contribution < -0.4 is 10.6 Å². The van der Waals surface area contributed by atoms with Crippen LogP contribution in [0.3, 0.4) is 0 Å². The molecule has 1 amide bonds. The van der Waals surface area contributed by atoms with Crippen LogP contribution in [0.5, 0.6) is 0 Å². The Morgan fingerprint density at radius 3 is 2.83 bits per heavy atom. The van der Waals surface area contributed by atoms with E-state index in [4.69, 9.17) is 32.9 Å². The van der Waals surface area contributed by atoms with Crippen LogP contribution in [0.25, 0.3) is 0 Å². The van der Waals surface area contributed by atoms with Crippen LogP contribution in [0.15, 0.2) is 30.3 Å². The summed E-state index contributed by atoms with van der Waals surface area (Å²) in [5.41, 5.74) is 2.38. The van der Waals surface area contributed by atoms with Gasteiger partial charge >= 0.3 is 5.97 Å². The number of carboxylic acids is 1. The fourth-order valence-electron chi connectivity index (χ4n) is 4.49. The van der Waals surface area contributed by atoms with Gasteiger partial charge < -0.3 is 25.4 Å². The van der Waals surface area contributed by atoms with Crippen molar-refractivity contribution in [3.8, 4) is 0 Å². The molecule has 3 heterocycles. The maximum Gasteiger partial charge on any atom is 0.326 e. The number of anilines is 1. The monoisotopic (exact) mass is 520 g/mol. The van der Waals surface area contributed by atoms with Crippen molar-refractivity contribution in [3.63, 3.8) is 0 Å². The van der Waals surface area contributed by atoms with Crippen LogP contribution >= 0.6 is 23.2 Å². The number of hydrogen-bond donors (Lipinski definition) is 3. The Bertz CT molecular complexity index is 1050. The van der Waals surface area contributed by atoms with Crippen LogP contribution in [0.1, 0.15) is 40.9 Å². The van der Waals surface area contributed by atoms with Crippen molar-refractivity contribution >= 4 is 40.9 Å². The number of fused-ring (bicyclic) bond motifs is 1. The van der Waals surface area contributed by atoms with E-state index in [2.05, 4.69) is 27.7 Å². The minimum Gasteiger partial charge on any atom is -0.480 e. The van der Waals surface area contributed by atoms with Gasteiger partial charge in [-0.1, -0.05) is 35.3 Å². The predicted molar refractivity (Wildman–Crippen MR) is 136 cm³/mol. The molecule has 0 aliphatic carbocycles. The molecule has 188 valence electrons. The van der Waals surface area contributed by atoms with Gasteiger partial charge in [-0.25, -0.2) is 9.78 Å². The molecule has 1 aromatic carbocycles. The van der Waals surface area contributed by atoms with E-state index in [1.165, 1.54) is 5.56 Å². The highest BCUT2D eigenvalue weighted by molar-refractivity contribution is 6.39. The highest BCUT2D eigenvalue weighted by Gasteiger charge is 2.27. The maximum atomic E-state index is 12.6. The number of rotatable bonds is 10. The van der Waals surface area contributed by atoms with E-state index in [0.29, 0.717) is 13.2 Å². The van der Waals surface area contributed by atoms with Crippen molar-refractivity contribution in [3.05, 3.63) is 57.2 Å². The molecule has 0 saturated carbocycles. The Labute approximate surface area is 215 Å². The molecule has 1 fully saturated rings. The molecule has 35 heavy (non-hydrogen) atoms. The van der Waals surface area contributed by atoms with E-state index < -0.39 is 17.9 Å². The molecule has 2 atom stereocenters. The lowest BCUT2D eigenvalue weighted by Crippen LogP contribution is -2.43. The summed E-state index contributed by atoms with van der Waals surface area (Å²) in [4.78, 5) is 31.2. The van der Waals surface area contributed by atoms with Crippen LogP contribution in [-0.2, 0) is 22.4 Å². The van der Waals surface area contributed by atoms with E-state index in [0.717, 1.165) is 56.8 Å². The lowest BCUT2D eigenvalue weighted by Gasteiger charge is -2.20. The lowest BCUT2D eigenvalue weighted by molar-refractivity contribution is -0.139. The fourth-order valence-corrected chi connectivity index (χ4v) is 5.06. The van der Waals surface area contributed by atoms with Gasteiger partial charge in [0.25, 0.3) is 5.91 Å². The number of benzene rings is 1. The second-order valence-corrected chi connectivity index (χ2v) is 9.74. The van der Waals surface area contributed by atoms with Gasteiger partial charge in [-0.15, -0.1) is 0 Å².